The molecule has 0 saturated heterocycles. The predicted octanol–water partition coefficient (Wildman–Crippen LogP) is 5.38. The van der Waals surface area contributed by atoms with Gasteiger partial charge in [-0.2, -0.15) is 0 Å². The van der Waals surface area contributed by atoms with Crippen LogP contribution in [-0.4, -0.2) is 28.8 Å². The monoisotopic (exact) mass is 514 g/mol. The number of ether oxygens (including phenoxy) is 1. The van der Waals surface area contributed by atoms with E-state index in [1.807, 2.05) is 20.8 Å². The van der Waals surface area contributed by atoms with E-state index in [0.717, 1.165) is 19.3 Å². The molecule has 6 atom stereocenters. The molecule has 3 aliphatic rings. The van der Waals surface area contributed by atoms with E-state index in [-0.39, 0.29) is 39.8 Å². The number of fused-ring (bicyclic) bond motifs is 1. The van der Waals surface area contributed by atoms with Crippen molar-refractivity contribution in [3.05, 3.63) is 33.6 Å². The maximum absolute atomic E-state index is 15.1. The Balaban J connectivity index is 1.65. The van der Waals surface area contributed by atoms with Gasteiger partial charge in [-0.1, -0.05) is 50.9 Å². The van der Waals surface area contributed by atoms with Crippen molar-refractivity contribution in [3.8, 4) is 0 Å². The molecule has 3 fully saturated rings. The van der Waals surface area contributed by atoms with E-state index in [0.29, 0.717) is 11.8 Å². The number of amides is 2. The van der Waals surface area contributed by atoms with Crippen LogP contribution in [0.2, 0.25) is 10.0 Å². The van der Waals surface area contributed by atoms with Crippen molar-refractivity contribution in [2.75, 3.05) is 0 Å². The molecule has 0 aromatic heterocycles. The van der Waals surface area contributed by atoms with Gasteiger partial charge < -0.3 is 20.9 Å². The highest BCUT2D eigenvalue weighted by Crippen LogP contribution is 2.64. The predicted molar refractivity (Wildman–Crippen MR) is 128 cm³/mol. The summed E-state index contributed by atoms with van der Waals surface area (Å²) in [5, 5.41) is 14.3. The van der Waals surface area contributed by atoms with Crippen LogP contribution in [0.4, 0.5) is 9.18 Å². The van der Waals surface area contributed by atoms with Crippen LogP contribution in [-0.2, 0) is 9.53 Å². The van der Waals surface area contributed by atoms with Gasteiger partial charge in [-0.15, -0.1) is 0 Å². The fraction of sp³-hybridized carbons (Fsp3) is 0.680. The molecule has 2 unspecified atom stereocenters. The van der Waals surface area contributed by atoms with E-state index in [2.05, 4.69) is 12.2 Å². The van der Waals surface area contributed by atoms with Crippen molar-refractivity contribution in [3.63, 3.8) is 0 Å². The molecule has 1 aromatic rings. The number of nitrogens with two attached hydrogens (primary N) is 1. The highest BCUT2D eigenvalue weighted by molar-refractivity contribution is 6.42. The number of aliphatic hydroxyl groups excluding tert-OH is 1. The molecular weight excluding hydrogens is 482 g/mol. The molecule has 0 spiro atoms. The van der Waals surface area contributed by atoms with Gasteiger partial charge in [0.25, 0.3) is 0 Å². The Labute approximate surface area is 209 Å². The van der Waals surface area contributed by atoms with Gasteiger partial charge >= 0.3 is 6.09 Å². The van der Waals surface area contributed by atoms with Gasteiger partial charge in [-0.25, -0.2) is 9.18 Å². The first-order valence-corrected chi connectivity index (χ1v) is 12.5. The average molecular weight is 515 g/mol. The number of carbonyl (C=O) groups is 2. The molecule has 0 radical (unpaired) electrons. The zero-order chi connectivity index (χ0) is 25.2. The van der Waals surface area contributed by atoms with Crippen molar-refractivity contribution in [2.45, 2.75) is 77.5 Å². The van der Waals surface area contributed by atoms with Crippen molar-refractivity contribution < 1.29 is 23.8 Å². The summed E-state index contributed by atoms with van der Waals surface area (Å²) in [6, 6.07) is 1.99. The van der Waals surface area contributed by atoms with E-state index in [9.17, 15) is 14.7 Å². The Morgan fingerprint density at radius 3 is 2.38 bits per heavy atom. The van der Waals surface area contributed by atoms with Crippen LogP contribution in [0.3, 0.4) is 0 Å². The van der Waals surface area contributed by atoms with Crippen LogP contribution in [0, 0.1) is 34.4 Å². The Hall–Kier alpha value is -1.57. The lowest BCUT2D eigenvalue weighted by molar-refractivity contribution is -0.131. The van der Waals surface area contributed by atoms with Crippen LogP contribution in [0.5, 0.6) is 0 Å². The summed E-state index contributed by atoms with van der Waals surface area (Å²) >= 11 is 12.7. The number of carbonyl (C=O) groups excluding carboxylic acids is 2. The van der Waals surface area contributed by atoms with Crippen molar-refractivity contribution in [2.24, 2.45) is 34.3 Å². The van der Waals surface area contributed by atoms with Crippen LogP contribution in [0.25, 0.3) is 0 Å². The third-order valence-corrected chi connectivity index (χ3v) is 9.22. The van der Waals surface area contributed by atoms with Crippen LogP contribution >= 0.6 is 23.2 Å². The number of hydrogen-bond donors (Lipinski definition) is 3. The van der Waals surface area contributed by atoms with Crippen LogP contribution in [0.1, 0.15) is 71.4 Å². The standard InChI is InChI=1S/C25H33Cl2FN2O4/c1-23(2,3)25(34-22(29)33)11-14(8-17(25)31)21(32)30-20(24(4)9-12-7-13(12)10-24)18-16(28)6-5-15(26)19(18)27/h5-6,12-14,17,20,31H,7-11H2,1-4H3,(H2,29,33)(H,30,32)/t12?,13?,14-,17+,20+,24?,25+/m0/s1. The highest BCUT2D eigenvalue weighted by Gasteiger charge is 2.59. The van der Waals surface area contributed by atoms with E-state index in [1.54, 1.807) is 0 Å². The number of aliphatic hydroxyl groups is 1. The van der Waals surface area contributed by atoms with Gasteiger partial charge in [-0.05, 0) is 55.1 Å². The first kappa shape index (κ1) is 25.5. The largest absolute Gasteiger partial charge is 0.440 e. The van der Waals surface area contributed by atoms with Gasteiger partial charge in [0.15, 0.2) is 0 Å². The lowest BCUT2D eigenvalue weighted by atomic mass is 9.73. The Bertz CT molecular complexity index is 1000. The molecular formula is C25H33Cl2FN2O4. The maximum Gasteiger partial charge on any atom is 0.405 e. The van der Waals surface area contributed by atoms with E-state index in [1.165, 1.54) is 12.1 Å². The molecule has 3 saturated carbocycles. The number of primary amides is 1. The molecule has 3 aliphatic carbocycles. The lowest BCUT2D eigenvalue weighted by Gasteiger charge is -2.43. The summed E-state index contributed by atoms with van der Waals surface area (Å²) in [6.45, 7) is 7.54. The quantitative estimate of drug-likeness (QED) is 0.459. The van der Waals surface area contributed by atoms with Gasteiger partial charge in [0, 0.05) is 23.3 Å². The maximum atomic E-state index is 15.1. The molecule has 2 amide bonds. The lowest BCUT2D eigenvalue weighted by Crippen LogP contribution is -2.53. The SMILES string of the molecule is CC1([C@H](NC(=O)[C@H]2C[C@@H](O)[C@@](OC(N)=O)(C(C)(C)C)C2)c2c(F)ccc(Cl)c2Cl)CC2CC2C1. The number of hydrogen-bond acceptors (Lipinski definition) is 4. The van der Waals surface area contributed by atoms with Gasteiger partial charge in [0.2, 0.25) is 5.91 Å². The van der Waals surface area contributed by atoms with Gasteiger partial charge in [0.1, 0.15) is 11.4 Å². The second-order valence-corrected chi connectivity index (χ2v) is 12.5. The minimum Gasteiger partial charge on any atom is -0.440 e. The molecule has 188 valence electrons. The molecule has 4 rings (SSSR count). The summed E-state index contributed by atoms with van der Waals surface area (Å²) < 4.78 is 20.6. The van der Waals surface area contributed by atoms with E-state index >= 15 is 4.39 Å². The summed E-state index contributed by atoms with van der Waals surface area (Å²) in [5.41, 5.74) is 3.14. The fourth-order valence-electron chi connectivity index (χ4n) is 6.48. The zero-order valence-electron chi connectivity index (χ0n) is 20.0. The number of rotatable bonds is 5. The van der Waals surface area contributed by atoms with Gasteiger partial charge in [0.05, 0.1) is 22.2 Å². The zero-order valence-corrected chi connectivity index (χ0v) is 21.5. The first-order chi connectivity index (χ1) is 15.7. The fourth-order valence-corrected chi connectivity index (χ4v) is 6.91. The number of benzene rings is 1. The van der Waals surface area contributed by atoms with Crippen LogP contribution in [0.15, 0.2) is 12.1 Å². The molecule has 0 heterocycles. The van der Waals surface area contributed by atoms with Crippen molar-refractivity contribution in [1.29, 1.82) is 0 Å². The Morgan fingerprint density at radius 2 is 1.82 bits per heavy atom. The molecule has 0 bridgehead atoms. The van der Waals surface area contributed by atoms with E-state index in [4.69, 9.17) is 33.7 Å². The topological polar surface area (TPSA) is 102 Å². The Morgan fingerprint density at radius 1 is 1.21 bits per heavy atom. The minimum atomic E-state index is -1.31. The summed E-state index contributed by atoms with van der Waals surface area (Å²) in [7, 11) is 0. The molecule has 1 aromatic carbocycles. The molecule has 4 N–H and O–H groups in total. The smallest absolute Gasteiger partial charge is 0.405 e. The van der Waals surface area contributed by atoms with Crippen molar-refractivity contribution in [1.82, 2.24) is 5.32 Å². The number of halogens is 3. The summed E-state index contributed by atoms with van der Waals surface area (Å²) in [5.74, 6) is -0.362. The molecule has 6 nitrogen and oxygen atoms in total. The summed E-state index contributed by atoms with van der Waals surface area (Å²) in [4.78, 5) is 25.3. The second kappa shape index (κ2) is 8.52. The molecule has 0 aliphatic heterocycles. The molecule has 34 heavy (non-hydrogen) atoms. The van der Waals surface area contributed by atoms with Gasteiger partial charge in [-0.3, -0.25) is 4.79 Å². The normalized spacial score (nSPS) is 35.5. The Kier molecular flexibility index (Phi) is 6.40. The second-order valence-electron chi connectivity index (χ2n) is 11.7. The number of nitrogens with one attached hydrogen (secondary N) is 1. The van der Waals surface area contributed by atoms with Crippen LogP contribution < -0.4 is 11.1 Å². The van der Waals surface area contributed by atoms with Crippen molar-refractivity contribution >= 4 is 35.2 Å². The highest BCUT2D eigenvalue weighted by atomic mass is 35.5. The van der Waals surface area contributed by atoms with E-state index < -0.39 is 41.0 Å². The first-order valence-electron chi connectivity index (χ1n) is 11.8. The molecule has 9 heteroatoms. The summed E-state index contributed by atoms with van der Waals surface area (Å²) in [6.07, 6.45) is 0.997. The average Bonchev–Trinajstić information content (AvgIpc) is 3.18. The third-order valence-electron chi connectivity index (χ3n) is 8.40. The minimum absolute atomic E-state index is 0.0941. The third kappa shape index (κ3) is 4.28.